The number of piperazine rings is 1. The van der Waals surface area contributed by atoms with Gasteiger partial charge in [0.05, 0.1) is 11.3 Å². The van der Waals surface area contributed by atoms with Crippen molar-refractivity contribution in [2.45, 2.75) is 19.4 Å². The normalized spacial score (nSPS) is 19.5. The Hall–Kier alpha value is -1.20. The van der Waals surface area contributed by atoms with Gasteiger partial charge in [-0.1, -0.05) is 18.3 Å². The topological polar surface area (TPSA) is 32.5 Å². The molecule has 1 saturated heterocycles. The number of thiocarbonyl (C=S) groups is 1. The summed E-state index contributed by atoms with van der Waals surface area (Å²) in [6.45, 7) is 6.96. The number of likely N-dealkylation sites (N-methyl/N-ethyl adjacent to an activating group) is 1. The molecule has 1 aliphatic heterocycles. The summed E-state index contributed by atoms with van der Waals surface area (Å²) >= 11 is 4.99. The van der Waals surface area contributed by atoms with Crippen LogP contribution in [0.3, 0.4) is 0 Å². The van der Waals surface area contributed by atoms with Crippen molar-refractivity contribution < 1.29 is 4.39 Å². The van der Waals surface area contributed by atoms with Crippen LogP contribution in [0.15, 0.2) is 18.2 Å². The Kier molecular flexibility index (Phi) is 3.78. The molecule has 0 aromatic heterocycles. The third-order valence-electron chi connectivity index (χ3n) is 3.90. The first kappa shape index (κ1) is 14.2. The summed E-state index contributed by atoms with van der Waals surface area (Å²) in [6.07, 6.45) is 0. The van der Waals surface area contributed by atoms with E-state index in [0.717, 1.165) is 25.3 Å². The maximum absolute atomic E-state index is 13.9. The predicted molar refractivity (Wildman–Crippen MR) is 81.2 cm³/mol. The van der Waals surface area contributed by atoms with Crippen molar-refractivity contribution in [1.29, 1.82) is 0 Å². The van der Waals surface area contributed by atoms with Crippen molar-refractivity contribution in [1.82, 2.24) is 4.90 Å². The molecule has 1 aromatic rings. The molecule has 3 nitrogen and oxygen atoms in total. The van der Waals surface area contributed by atoms with Crippen LogP contribution in [0.25, 0.3) is 0 Å². The minimum absolute atomic E-state index is 0.0397. The maximum Gasteiger partial charge on any atom is 0.135 e. The molecule has 5 heteroatoms. The molecule has 1 aliphatic rings. The molecule has 104 valence electrons. The van der Waals surface area contributed by atoms with Crippen LogP contribution in [-0.2, 0) is 0 Å². The maximum atomic E-state index is 13.9. The molecule has 0 atom stereocenters. The van der Waals surface area contributed by atoms with Crippen LogP contribution < -0.4 is 10.6 Å². The van der Waals surface area contributed by atoms with Gasteiger partial charge >= 0.3 is 0 Å². The van der Waals surface area contributed by atoms with Gasteiger partial charge in [-0.15, -0.1) is 0 Å². The molecule has 0 amide bonds. The second kappa shape index (κ2) is 5.06. The number of rotatable bonds is 2. The van der Waals surface area contributed by atoms with E-state index in [1.807, 2.05) is 6.07 Å². The van der Waals surface area contributed by atoms with Crippen molar-refractivity contribution >= 4 is 22.9 Å². The highest BCUT2D eigenvalue weighted by atomic mass is 32.1. The van der Waals surface area contributed by atoms with Crippen molar-refractivity contribution in [3.63, 3.8) is 0 Å². The van der Waals surface area contributed by atoms with E-state index in [4.69, 9.17) is 18.0 Å². The summed E-state index contributed by atoms with van der Waals surface area (Å²) in [7, 11) is 2.11. The monoisotopic (exact) mass is 281 g/mol. The Morgan fingerprint density at radius 2 is 2.05 bits per heavy atom. The van der Waals surface area contributed by atoms with Gasteiger partial charge in [0.25, 0.3) is 0 Å². The Labute approximate surface area is 119 Å². The average molecular weight is 281 g/mol. The molecule has 0 saturated carbocycles. The lowest BCUT2D eigenvalue weighted by Crippen LogP contribution is -2.58. The predicted octanol–water partition coefficient (Wildman–Crippen LogP) is 1.99. The van der Waals surface area contributed by atoms with Crippen molar-refractivity contribution in [3.05, 3.63) is 29.6 Å². The Morgan fingerprint density at radius 3 is 2.63 bits per heavy atom. The Morgan fingerprint density at radius 1 is 1.37 bits per heavy atom. The van der Waals surface area contributed by atoms with Gasteiger partial charge in [-0.05, 0) is 33.0 Å². The van der Waals surface area contributed by atoms with Gasteiger partial charge < -0.3 is 10.6 Å². The van der Waals surface area contributed by atoms with Crippen LogP contribution in [-0.4, -0.2) is 42.1 Å². The van der Waals surface area contributed by atoms with Crippen LogP contribution in [0.5, 0.6) is 0 Å². The Bertz CT molecular complexity index is 501. The highest BCUT2D eigenvalue weighted by Crippen LogP contribution is 2.28. The summed E-state index contributed by atoms with van der Waals surface area (Å²) < 4.78 is 13.9. The molecule has 1 aromatic carbocycles. The number of hydrogen-bond acceptors (Lipinski definition) is 3. The molecule has 0 aliphatic carbocycles. The zero-order valence-corrected chi connectivity index (χ0v) is 12.4. The van der Waals surface area contributed by atoms with Crippen LogP contribution in [0.4, 0.5) is 10.1 Å². The summed E-state index contributed by atoms with van der Waals surface area (Å²) in [5.74, 6) is -0.346. The first-order valence-corrected chi connectivity index (χ1v) is 6.78. The van der Waals surface area contributed by atoms with Crippen LogP contribution >= 0.6 is 12.2 Å². The summed E-state index contributed by atoms with van der Waals surface area (Å²) in [5, 5.41) is 0. The minimum Gasteiger partial charge on any atom is -0.389 e. The minimum atomic E-state index is -0.346. The molecule has 1 heterocycles. The number of nitrogens with two attached hydrogens (primary N) is 1. The first-order valence-electron chi connectivity index (χ1n) is 6.37. The number of nitrogens with zero attached hydrogens (tertiary/aromatic N) is 2. The molecule has 2 rings (SSSR count). The van der Waals surface area contributed by atoms with Gasteiger partial charge in [-0.3, -0.25) is 4.90 Å². The lowest BCUT2D eigenvalue weighted by Gasteiger charge is -2.46. The SMILES string of the molecule is CN1CCN(c2cccc(F)c2C(N)=S)CC1(C)C. The van der Waals surface area contributed by atoms with Crippen molar-refractivity contribution in [3.8, 4) is 0 Å². The van der Waals surface area contributed by atoms with Crippen LogP contribution in [0, 0.1) is 5.82 Å². The molecule has 0 bridgehead atoms. The van der Waals surface area contributed by atoms with Gasteiger partial charge in [-0.25, -0.2) is 4.39 Å². The number of benzene rings is 1. The van der Waals surface area contributed by atoms with E-state index in [2.05, 4.69) is 30.7 Å². The average Bonchev–Trinajstić information content (AvgIpc) is 2.31. The number of hydrogen-bond donors (Lipinski definition) is 1. The highest BCUT2D eigenvalue weighted by molar-refractivity contribution is 7.80. The van der Waals surface area contributed by atoms with E-state index < -0.39 is 0 Å². The lowest BCUT2D eigenvalue weighted by molar-refractivity contribution is 0.139. The second-order valence-corrected chi connectivity index (χ2v) is 6.09. The second-order valence-electron chi connectivity index (χ2n) is 5.65. The smallest absolute Gasteiger partial charge is 0.135 e. The fourth-order valence-electron chi connectivity index (χ4n) is 2.47. The lowest BCUT2D eigenvalue weighted by atomic mass is 9.98. The van der Waals surface area contributed by atoms with Crippen molar-refractivity contribution in [2.24, 2.45) is 5.73 Å². The van der Waals surface area contributed by atoms with E-state index in [-0.39, 0.29) is 16.3 Å². The Balaban J connectivity index is 2.38. The molecule has 0 radical (unpaired) electrons. The standard InChI is InChI=1S/C14H20FN3S/c1-14(2)9-18(8-7-17(14)3)11-6-4-5-10(15)12(11)13(16)19/h4-6H,7-9H2,1-3H3,(H2,16,19). The third-order valence-corrected chi connectivity index (χ3v) is 4.10. The van der Waals surface area contributed by atoms with Gasteiger partial charge in [-0.2, -0.15) is 0 Å². The first-order chi connectivity index (χ1) is 8.83. The zero-order chi connectivity index (χ0) is 14.2. The van der Waals surface area contributed by atoms with Gasteiger partial charge in [0.15, 0.2) is 0 Å². The summed E-state index contributed by atoms with van der Waals surface area (Å²) in [6, 6.07) is 5.00. The van der Waals surface area contributed by atoms with E-state index in [1.165, 1.54) is 6.07 Å². The third kappa shape index (κ3) is 2.72. The largest absolute Gasteiger partial charge is 0.389 e. The summed E-state index contributed by atoms with van der Waals surface area (Å²) in [4.78, 5) is 4.59. The quantitative estimate of drug-likeness (QED) is 0.840. The molecule has 2 N–H and O–H groups in total. The van der Waals surface area contributed by atoms with Crippen LogP contribution in [0.2, 0.25) is 0 Å². The fraction of sp³-hybridized carbons (Fsp3) is 0.500. The summed E-state index contributed by atoms with van der Waals surface area (Å²) in [5.41, 5.74) is 6.87. The molecular weight excluding hydrogens is 261 g/mol. The number of halogens is 1. The highest BCUT2D eigenvalue weighted by Gasteiger charge is 2.32. The van der Waals surface area contributed by atoms with Crippen LogP contribution in [0.1, 0.15) is 19.4 Å². The van der Waals surface area contributed by atoms with Gasteiger partial charge in [0.2, 0.25) is 0 Å². The molecule has 1 fully saturated rings. The van der Waals surface area contributed by atoms with E-state index >= 15 is 0 Å². The van der Waals surface area contributed by atoms with E-state index in [0.29, 0.717) is 5.56 Å². The zero-order valence-electron chi connectivity index (χ0n) is 11.6. The van der Waals surface area contributed by atoms with E-state index in [9.17, 15) is 4.39 Å². The van der Waals surface area contributed by atoms with Gasteiger partial charge in [0, 0.05) is 25.2 Å². The van der Waals surface area contributed by atoms with E-state index in [1.54, 1.807) is 6.07 Å². The molecule has 0 spiro atoms. The fourth-order valence-corrected chi connectivity index (χ4v) is 2.67. The number of anilines is 1. The van der Waals surface area contributed by atoms with Crippen molar-refractivity contribution in [2.75, 3.05) is 31.6 Å². The van der Waals surface area contributed by atoms with Gasteiger partial charge in [0.1, 0.15) is 10.8 Å². The molecule has 19 heavy (non-hydrogen) atoms. The molecular formula is C14H20FN3S. The molecule has 0 unspecified atom stereocenters.